The highest BCUT2D eigenvalue weighted by atomic mass is 79.9. The number of carbonyl (C=O) groups excluding carboxylic acids is 1. The van der Waals surface area contributed by atoms with Crippen LogP contribution in [0.2, 0.25) is 0 Å². The molecule has 1 aromatic carbocycles. The van der Waals surface area contributed by atoms with Crippen LogP contribution in [0.4, 0.5) is 5.69 Å². The van der Waals surface area contributed by atoms with Crippen LogP contribution in [0.5, 0.6) is 0 Å². The predicted molar refractivity (Wildman–Crippen MR) is 79.9 cm³/mol. The molecule has 0 saturated carbocycles. The van der Waals surface area contributed by atoms with E-state index in [9.17, 15) is 4.79 Å². The summed E-state index contributed by atoms with van der Waals surface area (Å²) in [5.41, 5.74) is 1.18. The van der Waals surface area contributed by atoms with Gasteiger partial charge in [-0.3, -0.25) is 9.20 Å². The highest BCUT2D eigenvalue weighted by Crippen LogP contribution is 2.18. The first-order chi connectivity index (χ1) is 9.11. The Hall–Kier alpha value is -1.66. The molecule has 19 heavy (non-hydrogen) atoms. The Balaban J connectivity index is 1.83. The van der Waals surface area contributed by atoms with E-state index in [1.807, 2.05) is 41.8 Å². The summed E-state index contributed by atoms with van der Waals surface area (Å²) in [6.07, 6.45) is 3.70. The molecule has 1 amide bonds. The van der Waals surface area contributed by atoms with Gasteiger partial charge in [-0.25, -0.2) is 4.98 Å². The number of rotatable bonds is 2. The number of amides is 1. The monoisotopic (exact) mass is 335 g/mol. The van der Waals surface area contributed by atoms with E-state index in [1.165, 1.54) is 4.88 Å². The first-order valence-corrected chi connectivity index (χ1v) is 7.25. The standard InChI is InChI=1S/C13H10BrN3OS/c1-8-6-17-7-11(16-13(17)19-8)12(18)15-10-4-2-9(14)3-5-10/h2-7H,1H3,(H,15,18). The minimum absolute atomic E-state index is 0.198. The maximum atomic E-state index is 12.1. The van der Waals surface area contributed by atoms with Crippen LogP contribution in [-0.2, 0) is 0 Å². The third-order valence-electron chi connectivity index (χ3n) is 2.61. The number of nitrogens with one attached hydrogen (secondary N) is 1. The summed E-state index contributed by atoms with van der Waals surface area (Å²) in [5.74, 6) is -0.198. The SMILES string of the molecule is Cc1cn2cc(C(=O)Nc3ccc(Br)cc3)nc2s1. The molecule has 2 aromatic heterocycles. The van der Waals surface area contributed by atoms with Crippen molar-refractivity contribution in [3.63, 3.8) is 0 Å². The number of nitrogens with zero attached hydrogens (tertiary/aromatic N) is 2. The number of carbonyl (C=O) groups is 1. The second-order valence-corrected chi connectivity index (χ2v) is 6.25. The van der Waals surface area contributed by atoms with E-state index in [4.69, 9.17) is 0 Å². The molecule has 3 rings (SSSR count). The minimum atomic E-state index is -0.198. The molecule has 0 saturated heterocycles. The van der Waals surface area contributed by atoms with E-state index < -0.39 is 0 Å². The Labute approximate surface area is 122 Å². The van der Waals surface area contributed by atoms with Gasteiger partial charge < -0.3 is 5.32 Å². The van der Waals surface area contributed by atoms with Gasteiger partial charge in [-0.05, 0) is 31.2 Å². The Kier molecular flexibility index (Phi) is 3.12. The van der Waals surface area contributed by atoms with Crippen LogP contribution < -0.4 is 5.32 Å². The Morgan fingerprint density at radius 1 is 1.32 bits per heavy atom. The molecule has 4 nitrogen and oxygen atoms in total. The molecule has 0 bridgehead atoms. The van der Waals surface area contributed by atoms with Gasteiger partial charge in [-0.15, -0.1) is 11.3 Å². The van der Waals surface area contributed by atoms with Crippen molar-refractivity contribution in [1.29, 1.82) is 0 Å². The van der Waals surface area contributed by atoms with Crippen molar-refractivity contribution in [3.05, 3.63) is 51.7 Å². The smallest absolute Gasteiger partial charge is 0.275 e. The molecule has 0 radical (unpaired) electrons. The lowest BCUT2D eigenvalue weighted by atomic mass is 10.3. The van der Waals surface area contributed by atoms with Crippen molar-refractivity contribution in [2.24, 2.45) is 0 Å². The summed E-state index contributed by atoms with van der Waals surface area (Å²) in [4.78, 5) is 18.4. The Morgan fingerprint density at radius 3 is 2.74 bits per heavy atom. The molecule has 0 aliphatic heterocycles. The van der Waals surface area contributed by atoms with Crippen molar-refractivity contribution in [1.82, 2.24) is 9.38 Å². The fraction of sp³-hybridized carbons (Fsp3) is 0.0769. The molecular formula is C13H10BrN3OS. The minimum Gasteiger partial charge on any atom is -0.321 e. The van der Waals surface area contributed by atoms with Gasteiger partial charge in [0.1, 0.15) is 5.69 Å². The van der Waals surface area contributed by atoms with Gasteiger partial charge >= 0.3 is 0 Å². The van der Waals surface area contributed by atoms with E-state index in [0.717, 1.165) is 15.1 Å². The summed E-state index contributed by atoms with van der Waals surface area (Å²) in [7, 11) is 0. The van der Waals surface area contributed by atoms with Crippen LogP contribution in [0.25, 0.3) is 4.96 Å². The summed E-state index contributed by atoms with van der Waals surface area (Å²) in [6.45, 7) is 2.01. The topological polar surface area (TPSA) is 46.4 Å². The van der Waals surface area contributed by atoms with Gasteiger partial charge in [0.2, 0.25) is 0 Å². The number of anilines is 1. The lowest BCUT2D eigenvalue weighted by Gasteiger charge is -2.02. The molecule has 3 aromatic rings. The average Bonchev–Trinajstić information content (AvgIpc) is 2.89. The quantitative estimate of drug-likeness (QED) is 0.775. The largest absolute Gasteiger partial charge is 0.321 e. The molecule has 6 heteroatoms. The summed E-state index contributed by atoms with van der Waals surface area (Å²) in [6, 6.07) is 7.44. The maximum Gasteiger partial charge on any atom is 0.275 e. The Bertz CT molecular complexity index is 713. The van der Waals surface area contributed by atoms with Crippen LogP contribution in [0.3, 0.4) is 0 Å². The van der Waals surface area contributed by atoms with E-state index in [2.05, 4.69) is 26.2 Å². The highest BCUT2D eigenvalue weighted by molar-refractivity contribution is 9.10. The maximum absolute atomic E-state index is 12.1. The van der Waals surface area contributed by atoms with Gasteiger partial charge in [0.05, 0.1) is 0 Å². The number of aryl methyl sites for hydroxylation is 1. The van der Waals surface area contributed by atoms with Gasteiger partial charge in [0.15, 0.2) is 4.96 Å². The lowest BCUT2D eigenvalue weighted by Crippen LogP contribution is -2.12. The molecule has 0 atom stereocenters. The van der Waals surface area contributed by atoms with E-state index in [-0.39, 0.29) is 5.91 Å². The summed E-state index contributed by atoms with van der Waals surface area (Å²) >= 11 is 4.92. The zero-order chi connectivity index (χ0) is 13.4. The van der Waals surface area contributed by atoms with Gasteiger partial charge in [0, 0.05) is 27.4 Å². The first kappa shape index (κ1) is 12.4. The van der Waals surface area contributed by atoms with Crippen LogP contribution in [0.1, 0.15) is 15.4 Å². The van der Waals surface area contributed by atoms with Gasteiger partial charge in [0.25, 0.3) is 5.91 Å². The molecule has 0 spiro atoms. The van der Waals surface area contributed by atoms with Crippen molar-refractivity contribution < 1.29 is 4.79 Å². The lowest BCUT2D eigenvalue weighted by molar-refractivity contribution is 0.102. The number of hydrogen-bond donors (Lipinski definition) is 1. The zero-order valence-corrected chi connectivity index (χ0v) is 12.5. The number of aromatic nitrogens is 2. The molecule has 0 aliphatic rings. The number of halogens is 1. The highest BCUT2D eigenvalue weighted by Gasteiger charge is 2.12. The number of hydrogen-bond acceptors (Lipinski definition) is 3. The number of imidazole rings is 1. The number of fused-ring (bicyclic) bond motifs is 1. The van der Waals surface area contributed by atoms with Crippen LogP contribution in [-0.4, -0.2) is 15.3 Å². The zero-order valence-electron chi connectivity index (χ0n) is 10.1. The van der Waals surface area contributed by atoms with E-state index in [1.54, 1.807) is 17.5 Å². The average molecular weight is 336 g/mol. The van der Waals surface area contributed by atoms with Crippen molar-refractivity contribution in [3.8, 4) is 0 Å². The number of benzene rings is 1. The molecule has 96 valence electrons. The van der Waals surface area contributed by atoms with Crippen LogP contribution in [0, 0.1) is 6.92 Å². The third kappa shape index (κ3) is 2.54. The van der Waals surface area contributed by atoms with Crippen molar-refractivity contribution >= 4 is 43.8 Å². The Morgan fingerprint density at radius 2 is 2.05 bits per heavy atom. The van der Waals surface area contributed by atoms with Gasteiger partial charge in [-0.1, -0.05) is 15.9 Å². The van der Waals surface area contributed by atoms with Gasteiger partial charge in [-0.2, -0.15) is 0 Å². The number of thiazole rings is 1. The molecule has 0 fully saturated rings. The van der Waals surface area contributed by atoms with Crippen LogP contribution >= 0.6 is 27.3 Å². The van der Waals surface area contributed by atoms with E-state index >= 15 is 0 Å². The molecule has 1 N–H and O–H groups in total. The fourth-order valence-electron chi connectivity index (χ4n) is 1.75. The van der Waals surface area contributed by atoms with Crippen molar-refractivity contribution in [2.45, 2.75) is 6.92 Å². The van der Waals surface area contributed by atoms with E-state index in [0.29, 0.717) is 5.69 Å². The summed E-state index contributed by atoms with van der Waals surface area (Å²) in [5, 5.41) is 2.82. The van der Waals surface area contributed by atoms with Crippen molar-refractivity contribution in [2.75, 3.05) is 5.32 Å². The second kappa shape index (κ2) is 4.79. The third-order valence-corrected chi connectivity index (χ3v) is 4.05. The molecule has 0 aliphatic carbocycles. The first-order valence-electron chi connectivity index (χ1n) is 5.64. The fourth-order valence-corrected chi connectivity index (χ4v) is 2.82. The van der Waals surface area contributed by atoms with Crippen LogP contribution in [0.15, 0.2) is 41.1 Å². The second-order valence-electron chi connectivity index (χ2n) is 4.12. The molecule has 0 unspecified atom stereocenters. The normalized spacial score (nSPS) is 10.8. The summed E-state index contributed by atoms with van der Waals surface area (Å²) < 4.78 is 2.85. The predicted octanol–water partition coefficient (Wildman–Crippen LogP) is 3.72. The molecule has 2 heterocycles. The molecular weight excluding hydrogens is 326 g/mol.